The number of nitrogens with one attached hydrogen (secondary N) is 1. The van der Waals surface area contributed by atoms with Gasteiger partial charge in [-0.05, 0) is 49.2 Å². The normalized spacial score (nSPS) is 15.1. The molecule has 0 aliphatic carbocycles. The second-order valence-corrected chi connectivity index (χ2v) is 9.01. The summed E-state index contributed by atoms with van der Waals surface area (Å²) in [7, 11) is -2.17. The Bertz CT molecular complexity index is 1040. The maximum Gasteiger partial charge on any atom is 0.244 e. The third-order valence-corrected chi connectivity index (χ3v) is 7.14. The number of hydrogen-bond donors (Lipinski definition) is 1. The van der Waals surface area contributed by atoms with Crippen molar-refractivity contribution < 1.29 is 22.7 Å². The van der Waals surface area contributed by atoms with Gasteiger partial charge in [0, 0.05) is 19.0 Å². The van der Waals surface area contributed by atoms with Crippen LogP contribution in [0, 0.1) is 17.2 Å². The molecule has 8 nitrogen and oxygen atoms in total. The van der Waals surface area contributed by atoms with E-state index in [1.807, 2.05) is 6.07 Å². The summed E-state index contributed by atoms with van der Waals surface area (Å²) in [5, 5.41) is 12.0. The van der Waals surface area contributed by atoms with E-state index >= 15 is 0 Å². The zero-order valence-corrected chi connectivity index (χ0v) is 18.1. The Balaban J connectivity index is 1.45. The van der Waals surface area contributed by atoms with E-state index in [2.05, 4.69) is 5.32 Å². The predicted molar refractivity (Wildman–Crippen MR) is 114 cm³/mol. The Hall–Kier alpha value is -3.09. The van der Waals surface area contributed by atoms with E-state index in [4.69, 9.17) is 9.47 Å². The molecular weight excluding hydrogens is 418 g/mol. The van der Waals surface area contributed by atoms with Gasteiger partial charge in [0.15, 0.2) is 0 Å². The number of amides is 1. The summed E-state index contributed by atoms with van der Waals surface area (Å²) >= 11 is 0. The van der Waals surface area contributed by atoms with Gasteiger partial charge in [-0.15, -0.1) is 0 Å². The summed E-state index contributed by atoms with van der Waals surface area (Å²) in [6, 6.07) is 15.3. The second-order valence-electron chi connectivity index (χ2n) is 7.10. The first kappa shape index (κ1) is 22.6. The minimum atomic E-state index is -3.76. The maximum atomic E-state index is 12.9. The van der Waals surface area contributed by atoms with E-state index in [-0.39, 0.29) is 35.4 Å². The fraction of sp³-hybridized carbons (Fsp3) is 0.364. The number of carbonyl (C=O) groups excluding carboxylic acids is 1. The van der Waals surface area contributed by atoms with Gasteiger partial charge in [0.2, 0.25) is 15.9 Å². The van der Waals surface area contributed by atoms with Crippen molar-refractivity contribution >= 4 is 15.9 Å². The molecular formula is C22H25N3O5S. The molecule has 2 aromatic rings. The molecule has 1 amide bonds. The molecule has 164 valence electrons. The highest BCUT2D eigenvalue weighted by Gasteiger charge is 2.33. The third kappa shape index (κ3) is 5.54. The molecule has 1 aliphatic heterocycles. The molecule has 0 spiro atoms. The third-order valence-electron chi connectivity index (χ3n) is 5.18. The Morgan fingerprint density at radius 3 is 2.42 bits per heavy atom. The van der Waals surface area contributed by atoms with Gasteiger partial charge in [0.1, 0.15) is 24.2 Å². The first-order valence-corrected chi connectivity index (χ1v) is 11.4. The quantitative estimate of drug-likeness (QED) is 0.627. The van der Waals surface area contributed by atoms with Crippen LogP contribution in [0.3, 0.4) is 0 Å². The van der Waals surface area contributed by atoms with E-state index in [1.165, 1.54) is 16.4 Å². The highest BCUT2D eigenvalue weighted by molar-refractivity contribution is 7.89. The van der Waals surface area contributed by atoms with Crippen molar-refractivity contribution in [2.75, 3.05) is 33.4 Å². The lowest BCUT2D eigenvalue weighted by atomic mass is 9.97. The van der Waals surface area contributed by atoms with Crippen LogP contribution in [0.4, 0.5) is 0 Å². The highest BCUT2D eigenvalue weighted by Crippen LogP contribution is 2.25. The second kappa shape index (κ2) is 10.3. The molecule has 0 radical (unpaired) electrons. The number of nitriles is 1. The van der Waals surface area contributed by atoms with Crippen molar-refractivity contribution in [2.45, 2.75) is 17.7 Å². The minimum Gasteiger partial charge on any atom is -0.497 e. The molecule has 9 heteroatoms. The van der Waals surface area contributed by atoms with Crippen molar-refractivity contribution in [2.24, 2.45) is 5.92 Å². The first-order chi connectivity index (χ1) is 15.0. The highest BCUT2D eigenvalue weighted by atomic mass is 32.2. The standard InChI is InChI=1S/C22H25N3O5S/c1-29-19-6-8-20(9-7-19)30-15-12-24-22(26)17-10-13-25(14-11-17)31(27,28)21-5-3-2-4-18(21)16-23/h2-9,17H,10-15H2,1H3,(H,24,26). The van der Waals surface area contributed by atoms with Crippen LogP contribution in [-0.2, 0) is 14.8 Å². The van der Waals surface area contributed by atoms with Crippen molar-refractivity contribution in [3.63, 3.8) is 0 Å². The van der Waals surface area contributed by atoms with E-state index in [0.29, 0.717) is 31.7 Å². The number of rotatable bonds is 8. The van der Waals surface area contributed by atoms with E-state index in [9.17, 15) is 18.5 Å². The summed E-state index contributed by atoms with van der Waals surface area (Å²) in [6.45, 7) is 1.17. The molecule has 0 atom stereocenters. The lowest BCUT2D eigenvalue weighted by molar-refractivity contribution is -0.126. The molecule has 31 heavy (non-hydrogen) atoms. The van der Waals surface area contributed by atoms with Gasteiger partial charge < -0.3 is 14.8 Å². The van der Waals surface area contributed by atoms with Gasteiger partial charge in [-0.2, -0.15) is 9.57 Å². The zero-order valence-electron chi connectivity index (χ0n) is 17.3. The van der Waals surface area contributed by atoms with Crippen LogP contribution in [0.1, 0.15) is 18.4 Å². The summed E-state index contributed by atoms with van der Waals surface area (Å²) in [5.41, 5.74) is 0.124. The van der Waals surface area contributed by atoms with Gasteiger partial charge in [-0.3, -0.25) is 4.79 Å². The topological polar surface area (TPSA) is 109 Å². The number of benzene rings is 2. The number of hydrogen-bond acceptors (Lipinski definition) is 6. The van der Waals surface area contributed by atoms with Gasteiger partial charge in [0.05, 0.1) is 24.1 Å². The largest absolute Gasteiger partial charge is 0.497 e. The molecule has 3 rings (SSSR count). The molecule has 1 aliphatic rings. The summed E-state index contributed by atoms with van der Waals surface area (Å²) in [4.78, 5) is 12.4. The number of sulfonamides is 1. The monoisotopic (exact) mass is 443 g/mol. The summed E-state index contributed by atoms with van der Waals surface area (Å²) in [5.74, 6) is 1.07. The number of piperidine rings is 1. The fourth-order valence-electron chi connectivity index (χ4n) is 3.44. The Kier molecular flexibility index (Phi) is 7.50. The Labute approximate surface area is 182 Å². The molecule has 0 saturated carbocycles. The lowest BCUT2D eigenvalue weighted by Crippen LogP contribution is -2.43. The zero-order chi connectivity index (χ0) is 22.3. The summed E-state index contributed by atoms with van der Waals surface area (Å²) < 4.78 is 37.8. The first-order valence-electron chi connectivity index (χ1n) is 9.99. The van der Waals surface area contributed by atoms with Crippen LogP contribution in [-0.4, -0.2) is 52.0 Å². The molecule has 1 N–H and O–H groups in total. The SMILES string of the molecule is COc1ccc(OCCNC(=O)C2CCN(S(=O)(=O)c3ccccc3C#N)CC2)cc1. The van der Waals surface area contributed by atoms with Gasteiger partial charge in [0.25, 0.3) is 0 Å². The smallest absolute Gasteiger partial charge is 0.244 e. The Morgan fingerprint density at radius 2 is 1.77 bits per heavy atom. The van der Waals surface area contributed by atoms with Crippen LogP contribution in [0.2, 0.25) is 0 Å². The molecule has 1 fully saturated rings. The van der Waals surface area contributed by atoms with Gasteiger partial charge >= 0.3 is 0 Å². The fourth-order valence-corrected chi connectivity index (χ4v) is 5.05. The van der Waals surface area contributed by atoms with Crippen molar-refractivity contribution in [1.82, 2.24) is 9.62 Å². The molecule has 0 unspecified atom stereocenters. The maximum absolute atomic E-state index is 12.9. The van der Waals surface area contributed by atoms with Crippen molar-refractivity contribution in [3.05, 3.63) is 54.1 Å². The average Bonchev–Trinajstić information content (AvgIpc) is 2.82. The van der Waals surface area contributed by atoms with Crippen LogP contribution in [0.5, 0.6) is 11.5 Å². The molecule has 1 heterocycles. The molecule has 0 aromatic heterocycles. The molecule has 1 saturated heterocycles. The lowest BCUT2D eigenvalue weighted by Gasteiger charge is -2.30. The van der Waals surface area contributed by atoms with E-state index in [0.717, 1.165) is 5.75 Å². The average molecular weight is 444 g/mol. The minimum absolute atomic E-state index is 0.0103. The van der Waals surface area contributed by atoms with Crippen molar-refractivity contribution in [3.8, 4) is 17.6 Å². The van der Waals surface area contributed by atoms with E-state index < -0.39 is 10.0 Å². The van der Waals surface area contributed by atoms with Gasteiger partial charge in [-0.1, -0.05) is 12.1 Å². The number of methoxy groups -OCH3 is 1. The van der Waals surface area contributed by atoms with Gasteiger partial charge in [-0.25, -0.2) is 8.42 Å². The summed E-state index contributed by atoms with van der Waals surface area (Å²) in [6.07, 6.45) is 0.859. The van der Waals surface area contributed by atoms with E-state index in [1.54, 1.807) is 43.5 Å². The molecule has 2 aromatic carbocycles. The molecule has 0 bridgehead atoms. The Morgan fingerprint density at radius 1 is 1.13 bits per heavy atom. The number of nitrogens with zero attached hydrogens (tertiary/aromatic N) is 2. The van der Waals surface area contributed by atoms with Crippen molar-refractivity contribution in [1.29, 1.82) is 5.26 Å². The van der Waals surface area contributed by atoms with Crippen LogP contribution >= 0.6 is 0 Å². The van der Waals surface area contributed by atoms with Crippen LogP contribution in [0.25, 0.3) is 0 Å². The predicted octanol–water partition coefficient (Wildman–Crippen LogP) is 2.16. The number of carbonyl (C=O) groups is 1. The van der Waals surface area contributed by atoms with Crippen LogP contribution in [0.15, 0.2) is 53.4 Å². The number of ether oxygens (including phenoxy) is 2. The van der Waals surface area contributed by atoms with Crippen LogP contribution < -0.4 is 14.8 Å².